The molecule has 0 aliphatic carbocycles. The van der Waals surface area contributed by atoms with Gasteiger partial charge in [0.2, 0.25) is 0 Å². The van der Waals surface area contributed by atoms with Gasteiger partial charge in [-0.2, -0.15) is 5.10 Å². The third kappa shape index (κ3) is 1.96. The minimum Gasteiger partial charge on any atom is -0.382 e. The third-order valence-electron chi connectivity index (χ3n) is 1.72. The van der Waals surface area contributed by atoms with Gasteiger partial charge in [0.15, 0.2) is 10.9 Å². The van der Waals surface area contributed by atoms with E-state index in [1.54, 1.807) is 12.3 Å². The van der Waals surface area contributed by atoms with Crippen molar-refractivity contribution in [2.45, 2.75) is 6.92 Å². The van der Waals surface area contributed by atoms with Crippen molar-refractivity contribution in [3.63, 3.8) is 0 Å². The van der Waals surface area contributed by atoms with Gasteiger partial charge in [-0.25, -0.2) is 4.98 Å². The molecule has 2 heterocycles. The highest BCUT2D eigenvalue weighted by molar-refractivity contribution is 7.18. The highest BCUT2D eigenvalue weighted by Gasteiger charge is 2.12. The van der Waals surface area contributed by atoms with Crippen LogP contribution in [0.1, 0.15) is 16.6 Å². The van der Waals surface area contributed by atoms with Crippen molar-refractivity contribution in [1.29, 1.82) is 0 Å². The Labute approximate surface area is 89.5 Å². The molecule has 0 radical (unpaired) electrons. The summed E-state index contributed by atoms with van der Waals surface area (Å²) in [4.78, 5) is 15.6. The molecule has 4 N–H and O–H groups in total. The number of hydrogen-bond donors (Lipinski definition) is 3. The first-order chi connectivity index (χ1) is 7.16. The van der Waals surface area contributed by atoms with Gasteiger partial charge in [-0.15, -0.1) is 0 Å². The van der Waals surface area contributed by atoms with Crippen molar-refractivity contribution in [3.8, 4) is 0 Å². The summed E-state index contributed by atoms with van der Waals surface area (Å²) in [6.07, 6.45) is 1.62. The van der Waals surface area contributed by atoms with Gasteiger partial charge in [-0.05, 0) is 0 Å². The van der Waals surface area contributed by atoms with Crippen molar-refractivity contribution in [1.82, 2.24) is 15.2 Å². The highest BCUT2D eigenvalue weighted by Crippen LogP contribution is 2.26. The molecule has 2 rings (SSSR count). The monoisotopic (exact) mass is 223 g/mol. The zero-order valence-corrected chi connectivity index (χ0v) is 8.76. The number of carbonyl (C=O) groups excluding carboxylic acids is 1. The predicted octanol–water partition coefficient (Wildman–Crippen LogP) is 1.39. The van der Waals surface area contributed by atoms with E-state index in [1.165, 1.54) is 18.3 Å². The molecule has 2 aromatic heterocycles. The number of Topliss-reactive ketones (excluding diaryl/α,β-unsaturated/α-hetero) is 1. The van der Waals surface area contributed by atoms with Gasteiger partial charge in [0.05, 0.1) is 6.20 Å². The van der Waals surface area contributed by atoms with Crippen molar-refractivity contribution in [3.05, 3.63) is 17.1 Å². The van der Waals surface area contributed by atoms with Gasteiger partial charge in [0.25, 0.3) is 0 Å². The lowest BCUT2D eigenvalue weighted by Gasteiger charge is -1.95. The molecule has 7 heteroatoms. The molecule has 0 unspecified atom stereocenters. The average molecular weight is 223 g/mol. The van der Waals surface area contributed by atoms with Crippen LogP contribution in [0.15, 0.2) is 12.3 Å². The Morgan fingerprint density at radius 3 is 3.00 bits per heavy atom. The Bertz CT molecular complexity index is 475. The Balaban J connectivity index is 2.23. The number of anilines is 3. The Morgan fingerprint density at radius 1 is 1.67 bits per heavy atom. The molecule has 15 heavy (non-hydrogen) atoms. The number of nitrogen functional groups attached to an aromatic ring is 1. The number of aromatic amines is 1. The minimum atomic E-state index is -0.0809. The Morgan fingerprint density at radius 2 is 2.47 bits per heavy atom. The van der Waals surface area contributed by atoms with Gasteiger partial charge in [0, 0.05) is 13.0 Å². The number of carbonyl (C=O) groups is 1. The number of nitrogens with two attached hydrogens (primary N) is 1. The van der Waals surface area contributed by atoms with Crippen molar-refractivity contribution in [2.24, 2.45) is 0 Å². The maximum atomic E-state index is 11.1. The number of nitrogens with zero attached hydrogens (tertiary/aromatic N) is 2. The first-order valence-electron chi connectivity index (χ1n) is 4.20. The third-order valence-corrected chi connectivity index (χ3v) is 2.80. The van der Waals surface area contributed by atoms with Gasteiger partial charge >= 0.3 is 0 Å². The molecule has 0 saturated heterocycles. The minimum absolute atomic E-state index is 0.0809. The second-order valence-corrected chi connectivity index (χ2v) is 3.88. The van der Waals surface area contributed by atoms with Crippen LogP contribution in [0.4, 0.5) is 16.8 Å². The van der Waals surface area contributed by atoms with E-state index in [0.29, 0.717) is 15.8 Å². The van der Waals surface area contributed by atoms with E-state index in [4.69, 9.17) is 5.73 Å². The summed E-state index contributed by atoms with van der Waals surface area (Å²) in [7, 11) is 0. The van der Waals surface area contributed by atoms with Crippen LogP contribution in [0.2, 0.25) is 0 Å². The maximum absolute atomic E-state index is 11.1. The van der Waals surface area contributed by atoms with E-state index in [1.807, 2.05) is 0 Å². The van der Waals surface area contributed by atoms with Gasteiger partial charge in [0.1, 0.15) is 16.5 Å². The van der Waals surface area contributed by atoms with Gasteiger partial charge in [-0.1, -0.05) is 11.3 Å². The standard InChI is InChI=1S/C8H9N5OS/c1-4(14)6-7(9)12-8(15-6)11-5-2-3-10-13-5/h2-3H,9H2,1H3,(H2,10,11,12,13). The van der Waals surface area contributed by atoms with E-state index >= 15 is 0 Å². The van der Waals surface area contributed by atoms with Crippen LogP contribution in [-0.2, 0) is 0 Å². The second-order valence-electron chi connectivity index (χ2n) is 2.88. The molecule has 6 nitrogen and oxygen atoms in total. The molecule has 0 fully saturated rings. The SMILES string of the molecule is CC(=O)c1sc(Nc2ccn[nH]2)nc1N. The number of rotatable bonds is 3. The molecule has 0 spiro atoms. The predicted molar refractivity (Wildman–Crippen MR) is 58.4 cm³/mol. The van der Waals surface area contributed by atoms with E-state index in [9.17, 15) is 4.79 Å². The fourth-order valence-corrected chi connectivity index (χ4v) is 1.87. The quantitative estimate of drug-likeness (QED) is 0.683. The van der Waals surface area contributed by atoms with E-state index in [-0.39, 0.29) is 11.6 Å². The molecule has 0 amide bonds. The van der Waals surface area contributed by atoms with Crippen LogP contribution >= 0.6 is 11.3 Å². The fourth-order valence-electron chi connectivity index (χ4n) is 1.08. The van der Waals surface area contributed by atoms with Crippen LogP contribution in [-0.4, -0.2) is 21.0 Å². The van der Waals surface area contributed by atoms with Crippen molar-refractivity contribution < 1.29 is 4.79 Å². The first-order valence-corrected chi connectivity index (χ1v) is 5.02. The summed E-state index contributed by atoms with van der Waals surface area (Å²) in [5, 5.41) is 10.0. The van der Waals surface area contributed by atoms with Gasteiger partial charge < -0.3 is 11.1 Å². The maximum Gasteiger partial charge on any atom is 0.191 e. The van der Waals surface area contributed by atoms with Crippen LogP contribution in [0, 0.1) is 0 Å². The second kappa shape index (κ2) is 3.70. The number of nitrogens with one attached hydrogen (secondary N) is 2. The molecule has 78 valence electrons. The van der Waals surface area contributed by atoms with Crippen molar-refractivity contribution in [2.75, 3.05) is 11.1 Å². The topological polar surface area (TPSA) is 96.7 Å². The zero-order chi connectivity index (χ0) is 10.8. The molecular weight excluding hydrogens is 214 g/mol. The number of H-pyrrole nitrogens is 1. The lowest BCUT2D eigenvalue weighted by atomic mass is 10.4. The van der Waals surface area contributed by atoms with Crippen LogP contribution in [0.25, 0.3) is 0 Å². The van der Waals surface area contributed by atoms with Crippen LogP contribution < -0.4 is 11.1 Å². The Hall–Kier alpha value is -1.89. The van der Waals surface area contributed by atoms with E-state index in [0.717, 1.165) is 0 Å². The van der Waals surface area contributed by atoms with Crippen LogP contribution in [0.3, 0.4) is 0 Å². The summed E-state index contributed by atoms with van der Waals surface area (Å²) < 4.78 is 0. The zero-order valence-electron chi connectivity index (χ0n) is 7.94. The summed E-state index contributed by atoms with van der Waals surface area (Å²) in [5.74, 6) is 0.885. The number of aromatic nitrogens is 3. The molecule has 0 aromatic carbocycles. The molecule has 0 aliphatic heterocycles. The number of ketones is 1. The largest absolute Gasteiger partial charge is 0.382 e. The average Bonchev–Trinajstić information content (AvgIpc) is 2.75. The molecule has 0 bridgehead atoms. The normalized spacial score (nSPS) is 10.2. The van der Waals surface area contributed by atoms with E-state index < -0.39 is 0 Å². The highest BCUT2D eigenvalue weighted by atomic mass is 32.1. The smallest absolute Gasteiger partial charge is 0.191 e. The molecule has 0 atom stereocenters. The summed E-state index contributed by atoms with van der Waals surface area (Å²) in [5.41, 5.74) is 5.58. The number of thiazole rings is 1. The molecular formula is C8H9N5OS. The number of hydrogen-bond acceptors (Lipinski definition) is 6. The fraction of sp³-hybridized carbons (Fsp3) is 0.125. The van der Waals surface area contributed by atoms with Gasteiger partial charge in [-0.3, -0.25) is 9.89 Å². The Kier molecular flexibility index (Phi) is 2.38. The molecule has 0 saturated carbocycles. The molecule has 2 aromatic rings. The summed E-state index contributed by atoms with van der Waals surface area (Å²) in [6.45, 7) is 1.46. The van der Waals surface area contributed by atoms with E-state index in [2.05, 4.69) is 20.5 Å². The van der Waals surface area contributed by atoms with Crippen molar-refractivity contribution >= 4 is 33.9 Å². The van der Waals surface area contributed by atoms with Crippen LogP contribution in [0.5, 0.6) is 0 Å². The summed E-state index contributed by atoms with van der Waals surface area (Å²) in [6, 6.07) is 1.75. The lowest BCUT2D eigenvalue weighted by molar-refractivity contribution is 0.102. The molecule has 0 aliphatic rings. The first kappa shape index (κ1) is 9.66. The summed E-state index contributed by atoms with van der Waals surface area (Å²) >= 11 is 1.22. The lowest BCUT2D eigenvalue weighted by Crippen LogP contribution is -1.95.